The van der Waals surface area contributed by atoms with Crippen LogP contribution >= 0.6 is 22.9 Å². The number of ether oxygens (including phenoxy) is 1. The maximum absolute atomic E-state index is 6.02. The lowest BCUT2D eigenvalue weighted by Crippen LogP contribution is -1.99. The van der Waals surface area contributed by atoms with Gasteiger partial charge < -0.3 is 4.74 Å². The Morgan fingerprint density at radius 1 is 0.960 bits per heavy atom. The summed E-state index contributed by atoms with van der Waals surface area (Å²) in [6, 6.07) is 17.4. The van der Waals surface area contributed by atoms with Crippen molar-refractivity contribution < 1.29 is 4.74 Å². The predicted molar refractivity (Wildman–Crippen MR) is 102 cm³/mol. The summed E-state index contributed by atoms with van der Waals surface area (Å²) in [6.45, 7) is 0. The molecular formula is C19H14ClN3OS. The Bertz CT molecular complexity index is 977. The van der Waals surface area contributed by atoms with Crippen molar-refractivity contribution in [3.05, 3.63) is 70.4 Å². The zero-order chi connectivity index (χ0) is 17.2. The third-order valence-corrected chi connectivity index (χ3v) is 4.74. The van der Waals surface area contributed by atoms with E-state index in [-0.39, 0.29) is 0 Å². The quantitative estimate of drug-likeness (QED) is 0.489. The maximum Gasteiger partial charge on any atom is 0.183 e. The second-order valence-electron chi connectivity index (χ2n) is 5.39. The van der Waals surface area contributed by atoms with E-state index in [1.165, 1.54) is 0 Å². The molecule has 0 N–H and O–H groups in total. The van der Waals surface area contributed by atoms with Crippen molar-refractivity contribution in [2.24, 2.45) is 0 Å². The monoisotopic (exact) mass is 367 g/mol. The van der Waals surface area contributed by atoms with Crippen molar-refractivity contribution in [1.29, 1.82) is 0 Å². The van der Waals surface area contributed by atoms with Crippen molar-refractivity contribution in [2.45, 2.75) is 0 Å². The first-order valence-electron chi connectivity index (χ1n) is 7.64. The van der Waals surface area contributed by atoms with E-state index in [9.17, 15) is 0 Å². The molecule has 0 aliphatic heterocycles. The number of methoxy groups -OCH3 is 1. The molecule has 2 aromatic heterocycles. The molecule has 2 aromatic carbocycles. The Kier molecular flexibility index (Phi) is 4.26. The minimum absolute atomic E-state index is 0.688. The van der Waals surface area contributed by atoms with Crippen LogP contribution in [0, 0.1) is 0 Å². The van der Waals surface area contributed by atoms with Gasteiger partial charge in [-0.05, 0) is 60.0 Å². The Morgan fingerprint density at radius 2 is 1.72 bits per heavy atom. The van der Waals surface area contributed by atoms with Gasteiger partial charge >= 0.3 is 0 Å². The highest BCUT2D eigenvalue weighted by Crippen LogP contribution is 2.28. The molecule has 0 radical (unpaired) electrons. The lowest BCUT2D eigenvalue weighted by molar-refractivity contribution is 0.415. The van der Waals surface area contributed by atoms with Crippen LogP contribution in [-0.2, 0) is 0 Å². The molecule has 0 saturated carbocycles. The van der Waals surface area contributed by atoms with Crippen LogP contribution in [-0.4, -0.2) is 21.9 Å². The van der Waals surface area contributed by atoms with Crippen molar-refractivity contribution in [2.75, 3.05) is 7.11 Å². The minimum atomic E-state index is 0.688. The van der Waals surface area contributed by atoms with E-state index in [0.717, 1.165) is 28.4 Å². The topological polar surface area (TPSA) is 39.9 Å². The van der Waals surface area contributed by atoms with Crippen LogP contribution < -0.4 is 4.74 Å². The van der Waals surface area contributed by atoms with Gasteiger partial charge in [0.05, 0.1) is 12.8 Å². The van der Waals surface area contributed by atoms with Gasteiger partial charge in [-0.25, -0.2) is 9.67 Å². The highest BCUT2D eigenvalue weighted by Gasteiger charge is 2.15. The average Bonchev–Trinajstić information content (AvgIpc) is 3.32. The van der Waals surface area contributed by atoms with E-state index in [2.05, 4.69) is 0 Å². The van der Waals surface area contributed by atoms with Crippen molar-refractivity contribution >= 4 is 22.9 Å². The first kappa shape index (κ1) is 15.9. The molecule has 0 amide bonds. The normalized spacial score (nSPS) is 10.8. The molecule has 0 saturated heterocycles. The van der Waals surface area contributed by atoms with Gasteiger partial charge in [-0.1, -0.05) is 11.6 Å². The number of thiophene rings is 1. The molecule has 0 aliphatic carbocycles. The van der Waals surface area contributed by atoms with Crippen LogP contribution in [0.25, 0.3) is 28.5 Å². The number of rotatable bonds is 4. The molecule has 0 fully saturated rings. The van der Waals surface area contributed by atoms with Gasteiger partial charge in [0.25, 0.3) is 0 Å². The molecule has 0 bridgehead atoms. The standard InChI is InChI=1S/C19H14ClN3OS/c1-24-17-8-2-13(3-9-17)19-21-18(14-10-11-25-12-14)22-23(19)16-6-4-15(20)5-7-16/h2-12H,1H3. The SMILES string of the molecule is COc1ccc(-c2nc(-c3ccsc3)nn2-c2ccc(Cl)cc2)cc1. The van der Waals surface area contributed by atoms with Gasteiger partial charge in [0.1, 0.15) is 5.75 Å². The van der Waals surface area contributed by atoms with E-state index in [4.69, 9.17) is 26.4 Å². The van der Waals surface area contributed by atoms with Gasteiger partial charge in [-0.15, -0.1) is 5.10 Å². The summed E-state index contributed by atoms with van der Waals surface area (Å²) < 4.78 is 7.08. The third-order valence-electron chi connectivity index (χ3n) is 3.81. The van der Waals surface area contributed by atoms with Gasteiger partial charge in [-0.3, -0.25) is 0 Å². The number of nitrogens with zero attached hydrogens (tertiary/aromatic N) is 3. The van der Waals surface area contributed by atoms with Gasteiger partial charge in [0.15, 0.2) is 11.6 Å². The molecular weight excluding hydrogens is 354 g/mol. The summed E-state index contributed by atoms with van der Waals surface area (Å²) in [6.07, 6.45) is 0. The van der Waals surface area contributed by atoms with Gasteiger partial charge in [0.2, 0.25) is 0 Å². The zero-order valence-electron chi connectivity index (χ0n) is 13.4. The van der Waals surface area contributed by atoms with Crippen LogP contribution in [0.4, 0.5) is 0 Å². The first-order chi connectivity index (χ1) is 12.2. The van der Waals surface area contributed by atoms with E-state index < -0.39 is 0 Å². The molecule has 6 heteroatoms. The van der Waals surface area contributed by atoms with Crippen molar-refractivity contribution in [1.82, 2.24) is 14.8 Å². The number of hydrogen-bond acceptors (Lipinski definition) is 4. The summed E-state index contributed by atoms with van der Waals surface area (Å²) in [5.74, 6) is 2.27. The van der Waals surface area contributed by atoms with Crippen LogP contribution in [0.2, 0.25) is 5.02 Å². The number of aromatic nitrogens is 3. The molecule has 4 nitrogen and oxygen atoms in total. The lowest BCUT2D eigenvalue weighted by Gasteiger charge is -2.07. The Labute approximate surface area is 154 Å². The lowest BCUT2D eigenvalue weighted by atomic mass is 10.2. The van der Waals surface area contributed by atoms with E-state index in [1.54, 1.807) is 18.4 Å². The first-order valence-corrected chi connectivity index (χ1v) is 8.96. The highest BCUT2D eigenvalue weighted by atomic mass is 35.5. The van der Waals surface area contributed by atoms with Crippen LogP contribution in [0.1, 0.15) is 0 Å². The number of halogens is 1. The van der Waals surface area contributed by atoms with E-state index in [1.807, 2.05) is 70.0 Å². The largest absolute Gasteiger partial charge is 0.497 e. The second-order valence-corrected chi connectivity index (χ2v) is 6.60. The molecule has 0 aliphatic rings. The number of benzene rings is 2. The van der Waals surface area contributed by atoms with Crippen LogP contribution in [0.5, 0.6) is 5.75 Å². The zero-order valence-corrected chi connectivity index (χ0v) is 15.0. The fourth-order valence-corrected chi connectivity index (χ4v) is 3.28. The van der Waals surface area contributed by atoms with Crippen molar-refractivity contribution in [3.63, 3.8) is 0 Å². The molecule has 0 spiro atoms. The fraction of sp³-hybridized carbons (Fsp3) is 0.0526. The molecule has 4 rings (SSSR count). The Balaban J connectivity index is 1.86. The fourth-order valence-electron chi connectivity index (χ4n) is 2.52. The van der Waals surface area contributed by atoms with E-state index >= 15 is 0 Å². The average molecular weight is 368 g/mol. The van der Waals surface area contributed by atoms with Gasteiger partial charge in [-0.2, -0.15) is 11.3 Å². The molecule has 0 atom stereocenters. The van der Waals surface area contributed by atoms with Crippen molar-refractivity contribution in [3.8, 4) is 34.2 Å². The van der Waals surface area contributed by atoms with E-state index in [0.29, 0.717) is 10.8 Å². The highest BCUT2D eigenvalue weighted by molar-refractivity contribution is 7.08. The molecule has 25 heavy (non-hydrogen) atoms. The summed E-state index contributed by atoms with van der Waals surface area (Å²) in [5.41, 5.74) is 2.88. The molecule has 0 unspecified atom stereocenters. The Morgan fingerprint density at radius 3 is 2.36 bits per heavy atom. The third kappa shape index (κ3) is 3.16. The summed E-state index contributed by atoms with van der Waals surface area (Å²) in [7, 11) is 1.65. The summed E-state index contributed by atoms with van der Waals surface area (Å²) >= 11 is 7.64. The number of hydrogen-bond donors (Lipinski definition) is 0. The van der Waals surface area contributed by atoms with Crippen LogP contribution in [0.15, 0.2) is 65.4 Å². The molecule has 2 heterocycles. The van der Waals surface area contributed by atoms with Gasteiger partial charge in [0, 0.05) is 21.5 Å². The predicted octanol–water partition coefficient (Wildman–Crippen LogP) is 5.32. The molecule has 4 aromatic rings. The smallest absolute Gasteiger partial charge is 0.183 e. The Hall–Kier alpha value is -2.63. The minimum Gasteiger partial charge on any atom is -0.497 e. The van der Waals surface area contributed by atoms with Crippen LogP contribution in [0.3, 0.4) is 0 Å². The maximum atomic E-state index is 6.02. The summed E-state index contributed by atoms with van der Waals surface area (Å²) in [4.78, 5) is 4.76. The second kappa shape index (κ2) is 6.70. The molecule has 124 valence electrons. The summed E-state index contributed by atoms with van der Waals surface area (Å²) in [5, 5.41) is 9.46.